The maximum atomic E-state index is 14.1. The van der Waals surface area contributed by atoms with Gasteiger partial charge in [-0.1, -0.05) is 64.5 Å². The zero-order chi connectivity index (χ0) is 22.3. The first kappa shape index (κ1) is 20.6. The van der Waals surface area contributed by atoms with Crippen LogP contribution in [-0.2, 0) is 22.0 Å². The number of halogens is 2. The number of para-hydroxylation sites is 1. The molecule has 1 aliphatic heterocycles. The molecule has 0 aliphatic carbocycles. The van der Waals surface area contributed by atoms with Gasteiger partial charge in [0.25, 0.3) is 5.91 Å². The van der Waals surface area contributed by atoms with Gasteiger partial charge in [0.1, 0.15) is 18.0 Å². The molecule has 0 saturated carbocycles. The van der Waals surface area contributed by atoms with E-state index < -0.39 is 17.4 Å². The van der Waals surface area contributed by atoms with Crippen LogP contribution in [0.25, 0.3) is 16.5 Å². The van der Waals surface area contributed by atoms with Gasteiger partial charge in [0.15, 0.2) is 5.76 Å². The minimum atomic E-state index is -2.01. The Bertz CT molecular complexity index is 1330. The number of nitrogens with zero attached hydrogens (tertiary/aromatic N) is 1. The highest BCUT2D eigenvalue weighted by Crippen LogP contribution is 2.41. The van der Waals surface area contributed by atoms with Gasteiger partial charge in [0.2, 0.25) is 5.72 Å². The molecule has 7 heteroatoms. The van der Waals surface area contributed by atoms with Crippen molar-refractivity contribution < 1.29 is 23.5 Å². The van der Waals surface area contributed by atoms with E-state index in [4.69, 9.17) is 9.25 Å². The number of hydrogen-bond acceptors (Lipinski definition) is 4. The first-order chi connectivity index (χ1) is 15.5. The Balaban J connectivity index is 1.58. The number of fused-ring (bicyclic) bond motifs is 1. The minimum Gasteiger partial charge on any atom is -0.455 e. The quantitative estimate of drug-likeness (QED) is 0.396. The van der Waals surface area contributed by atoms with Crippen molar-refractivity contribution in [2.24, 2.45) is 0 Å². The second-order valence-electron chi connectivity index (χ2n) is 7.41. The Morgan fingerprint density at radius 3 is 2.59 bits per heavy atom. The predicted octanol–water partition coefficient (Wildman–Crippen LogP) is 5.54. The molecule has 1 unspecified atom stereocenters. The summed E-state index contributed by atoms with van der Waals surface area (Å²) in [6, 6.07) is 22.2. The molecule has 0 bridgehead atoms. The van der Waals surface area contributed by atoms with Crippen molar-refractivity contribution in [1.82, 2.24) is 5.06 Å². The van der Waals surface area contributed by atoms with Crippen LogP contribution in [0, 0.1) is 5.82 Å². The van der Waals surface area contributed by atoms with Gasteiger partial charge in [-0.25, -0.2) is 4.39 Å². The molecule has 1 aromatic heterocycles. The van der Waals surface area contributed by atoms with Crippen molar-refractivity contribution in [3.63, 3.8) is 0 Å². The molecule has 32 heavy (non-hydrogen) atoms. The van der Waals surface area contributed by atoms with Gasteiger partial charge in [0, 0.05) is 15.4 Å². The Morgan fingerprint density at radius 1 is 1.03 bits per heavy atom. The average molecular weight is 494 g/mol. The first-order valence-corrected chi connectivity index (χ1v) is 10.7. The molecule has 1 atom stereocenters. The van der Waals surface area contributed by atoms with Gasteiger partial charge in [0.05, 0.1) is 5.57 Å². The van der Waals surface area contributed by atoms with Gasteiger partial charge in [-0.3, -0.25) is 9.63 Å². The molecule has 0 fully saturated rings. The Morgan fingerprint density at radius 2 is 1.81 bits per heavy atom. The van der Waals surface area contributed by atoms with Crippen LogP contribution in [0.1, 0.15) is 16.9 Å². The lowest BCUT2D eigenvalue weighted by Gasteiger charge is -2.29. The number of rotatable bonds is 5. The standard InChI is InChI=1S/C25H17BrFNO4/c26-19-9-5-8-16(12-19)20-14-25(30,23-13-17-6-2-4-11-22(17)32-23)28(24(20)29)31-15-18-7-1-3-10-21(18)27/h1-14,30H,15H2. The van der Waals surface area contributed by atoms with E-state index in [1.54, 1.807) is 48.5 Å². The van der Waals surface area contributed by atoms with Gasteiger partial charge in [-0.15, -0.1) is 0 Å². The Kier molecular flexibility index (Phi) is 5.17. The normalized spacial score (nSPS) is 18.4. The second-order valence-corrected chi connectivity index (χ2v) is 8.32. The largest absolute Gasteiger partial charge is 0.455 e. The van der Waals surface area contributed by atoms with Crippen LogP contribution in [0.3, 0.4) is 0 Å². The summed E-state index contributed by atoms with van der Waals surface area (Å²) in [7, 11) is 0. The second kappa shape index (κ2) is 8.02. The molecule has 3 aromatic carbocycles. The number of carbonyl (C=O) groups is 1. The van der Waals surface area contributed by atoms with E-state index in [1.807, 2.05) is 24.3 Å². The number of aliphatic hydroxyl groups is 1. The third-order valence-electron chi connectivity index (χ3n) is 5.30. The summed E-state index contributed by atoms with van der Waals surface area (Å²) in [5.74, 6) is -0.917. The zero-order valence-electron chi connectivity index (χ0n) is 16.7. The van der Waals surface area contributed by atoms with Gasteiger partial charge >= 0.3 is 0 Å². The lowest BCUT2D eigenvalue weighted by atomic mass is 10.0. The lowest BCUT2D eigenvalue weighted by Crippen LogP contribution is -2.43. The van der Waals surface area contributed by atoms with Gasteiger partial charge in [-0.05, 0) is 42.0 Å². The monoisotopic (exact) mass is 493 g/mol. The lowest BCUT2D eigenvalue weighted by molar-refractivity contribution is -0.267. The van der Waals surface area contributed by atoms with Crippen LogP contribution in [0.2, 0.25) is 0 Å². The number of hydroxylamine groups is 2. The van der Waals surface area contributed by atoms with Gasteiger partial charge < -0.3 is 9.52 Å². The maximum Gasteiger partial charge on any atom is 0.281 e. The predicted molar refractivity (Wildman–Crippen MR) is 120 cm³/mol. The summed E-state index contributed by atoms with van der Waals surface area (Å²) in [6.45, 7) is -0.249. The molecule has 4 aromatic rings. The molecule has 160 valence electrons. The van der Waals surface area contributed by atoms with Crippen LogP contribution in [-0.4, -0.2) is 16.1 Å². The summed E-state index contributed by atoms with van der Waals surface area (Å²) in [5.41, 5.74) is -0.373. The highest BCUT2D eigenvalue weighted by atomic mass is 79.9. The summed E-state index contributed by atoms with van der Waals surface area (Å²) in [6.07, 6.45) is 1.40. The third kappa shape index (κ3) is 3.54. The Labute approximate surface area is 191 Å². The highest BCUT2D eigenvalue weighted by Gasteiger charge is 2.49. The SMILES string of the molecule is O=C1C(c2cccc(Br)c2)=CC(O)(c2cc3ccccc3o2)N1OCc1ccccc1F. The number of carbonyl (C=O) groups excluding carboxylic acids is 1. The van der Waals surface area contributed by atoms with Crippen LogP contribution >= 0.6 is 15.9 Å². The van der Waals surface area contributed by atoms with Crippen molar-refractivity contribution in [3.05, 3.63) is 112 Å². The molecular weight excluding hydrogens is 477 g/mol. The first-order valence-electron chi connectivity index (χ1n) is 9.87. The molecule has 2 heterocycles. The molecule has 0 radical (unpaired) electrons. The summed E-state index contributed by atoms with van der Waals surface area (Å²) in [4.78, 5) is 19.0. The summed E-state index contributed by atoms with van der Waals surface area (Å²) < 4.78 is 20.8. The van der Waals surface area contributed by atoms with Crippen molar-refractivity contribution in [3.8, 4) is 0 Å². The van der Waals surface area contributed by atoms with Gasteiger partial charge in [-0.2, -0.15) is 5.06 Å². The smallest absolute Gasteiger partial charge is 0.281 e. The average Bonchev–Trinajstić information content (AvgIpc) is 3.34. The number of amides is 1. The fraction of sp³-hybridized carbons (Fsp3) is 0.0800. The van der Waals surface area contributed by atoms with Crippen molar-refractivity contribution in [2.45, 2.75) is 12.3 Å². The molecule has 0 spiro atoms. The van der Waals surface area contributed by atoms with E-state index in [0.717, 1.165) is 14.9 Å². The fourth-order valence-electron chi connectivity index (χ4n) is 3.69. The highest BCUT2D eigenvalue weighted by molar-refractivity contribution is 9.10. The van der Waals surface area contributed by atoms with Crippen LogP contribution in [0.15, 0.2) is 93.8 Å². The topological polar surface area (TPSA) is 62.9 Å². The molecular formula is C25H17BrFNO4. The van der Waals surface area contributed by atoms with Crippen LogP contribution in [0.4, 0.5) is 4.39 Å². The van der Waals surface area contributed by atoms with Crippen molar-refractivity contribution >= 4 is 38.4 Å². The Hall–Kier alpha value is -3.26. The number of benzene rings is 3. The molecule has 1 amide bonds. The number of furan rings is 1. The number of hydrogen-bond donors (Lipinski definition) is 1. The van der Waals surface area contributed by atoms with E-state index in [2.05, 4.69) is 15.9 Å². The molecule has 5 nitrogen and oxygen atoms in total. The van der Waals surface area contributed by atoms with Crippen LogP contribution in [0.5, 0.6) is 0 Å². The van der Waals surface area contributed by atoms with E-state index in [0.29, 0.717) is 11.1 Å². The van der Waals surface area contributed by atoms with E-state index >= 15 is 0 Å². The molecule has 5 rings (SSSR count). The summed E-state index contributed by atoms with van der Waals surface area (Å²) in [5, 5.41) is 13.3. The van der Waals surface area contributed by atoms with Crippen molar-refractivity contribution in [2.75, 3.05) is 0 Å². The third-order valence-corrected chi connectivity index (χ3v) is 5.79. The van der Waals surface area contributed by atoms with Crippen LogP contribution < -0.4 is 0 Å². The van der Waals surface area contributed by atoms with Crippen molar-refractivity contribution in [1.29, 1.82) is 0 Å². The zero-order valence-corrected chi connectivity index (χ0v) is 18.3. The molecule has 1 aliphatic rings. The fourth-order valence-corrected chi connectivity index (χ4v) is 4.09. The minimum absolute atomic E-state index is 0.116. The molecule has 1 N–H and O–H groups in total. The van der Waals surface area contributed by atoms with E-state index in [9.17, 15) is 14.3 Å². The van der Waals surface area contributed by atoms with E-state index in [-0.39, 0.29) is 23.5 Å². The summed E-state index contributed by atoms with van der Waals surface area (Å²) >= 11 is 3.40. The van der Waals surface area contributed by atoms with E-state index in [1.165, 1.54) is 12.1 Å². The molecule has 0 saturated heterocycles. The maximum absolute atomic E-state index is 14.1.